The van der Waals surface area contributed by atoms with Crippen LogP contribution in [-0.2, 0) is 11.2 Å². The normalized spacial score (nSPS) is 11.9. The fraction of sp³-hybridized carbons (Fsp3) is 0.526. The molecule has 0 fully saturated rings. The third-order valence-corrected chi connectivity index (χ3v) is 4.32. The first-order valence-corrected chi connectivity index (χ1v) is 9.05. The number of hydroxylamine groups is 2. The topological polar surface area (TPSA) is 97.9 Å². The van der Waals surface area contributed by atoms with Crippen LogP contribution in [0.3, 0.4) is 0 Å². The number of nitrogens with zero attached hydrogens (tertiary/aromatic N) is 3. The molecule has 0 bridgehead atoms. The maximum Gasteiger partial charge on any atom is 0.233 e. The van der Waals surface area contributed by atoms with E-state index in [0.29, 0.717) is 41.2 Å². The second kappa shape index (κ2) is 10.5. The molecule has 0 aliphatic carbocycles. The molecular formula is C19H27N3O5. The number of amides is 1. The number of benzene rings is 1. The molecule has 1 atom stereocenters. The van der Waals surface area contributed by atoms with Gasteiger partial charge in [0.25, 0.3) is 0 Å². The van der Waals surface area contributed by atoms with E-state index in [9.17, 15) is 10.0 Å². The van der Waals surface area contributed by atoms with E-state index >= 15 is 0 Å². The van der Waals surface area contributed by atoms with E-state index in [1.165, 1.54) is 0 Å². The summed E-state index contributed by atoms with van der Waals surface area (Å²) >= 11 is 0. The summed E-state index contributed by atoms with van der Waals surface area (Å²) in [4.78, 5) is 10.7. The average molecular weight is 377 g/mol. The molecular weight excluding hydrogens is 350 g/mol. The molecule has 0 aliphatic rings. The Balaban J connectivity index is 2.11. The Morgan fingerprint density at radius 1 is 1.22 bits per heavy atom. The Labute approximate surface area is 159 Å². The lowest BCUT2D eigenvalue weighted by Crippen LogP contribution is -2.24. The van der Waals surface area contributed by atoms with Crippen molar-refractivity contribution >= 4 is 6.41 Å². The van der Waals surface area contributed by atoms with Crippen LogP contribution >= 0.6 is 0 Å². The summed E-state index contributed by atoms with van der Waals surface area (Å²) < 4.78 is 16.4. The lowest BCUT2D eigenvalue weighted by Gasteiger charge is -2.16. The largest absolute Gasteiger partial charge is 0.493 e. The molecule has 8 nitrogen and oxygen atoms in total. The van der Waals surface area contributed by atoms with E-state index < -0.39 is 0 Å². The van der Waals surface area contributed by atoms with Crippen molar-refractivity contribution in [1.82, 2.24) is 15.3 Å². The van der Waals surface area contributed by atoms with E-state index in [4.69, 9.17) is 13.9 Å². The van der Waals surface area contributed by atoms with Crippen molar-refractivity contribution in [2.24, 2.45) is 0 Å². The highest BCUT2D eigenvalue weighted by atomic mass is 16.5. The van der Waals surface area contributed by atoms with E-state index in [2.05, 4.69) is 17.1 Å². The van der Waals surface area contributed by atoms with E-state index in [0.717, 1.165) is 31.2 Å². The molecule has 0 aliphatic heterocycles. The van der Waals surface area contributed by atoms with Crippen LogP contribution in [0.2, 0.25) is 0 Å². The summed E-state index contributed by atoms with van der Waals surface area (Å²) in [5.74, 6) is 1.99. The zero-order valence-electron chi connectivity index (χ0n) is 16.1. The lowest BCUT2D eigenvalue weighted by molar-refractivity contribution is -0.151. The molecule has 148 valence electrons. The zero-order chi connectivity index (χ0) is 19.6. The molecule has 1 heterocycles. The summed E-state index contributed by atoms with van der Waals surface area (Å²) in [5, 5.41) is 18.4. The molecule has 0 spiro atoms. The van der Waals surface area contributed by atoms with Gasteiger partial charge in [0.2, 0.25) is 18.2 Å². The highest BCUT2D eigenvalue weighted by molar-refractivity contribution is 5.45. The maximum atomic E-state index is 10.7. The molecule has 0 radical (unpaired) electrons. The van der Waals surface area contributed by atoms with Crippen LogP contribution in [0.5, 0.6) is 11.5 Å². The van der Waals surface area contributed by atoms with Gasteiger partial charge in [-0.1, -0.05) is 32.3 Å². The zero-order valence-corrected chi connectivity index (χ0v) is 16.1. The van der Waals surface area contributed by atoms with Crippen LogP contribution in [0.4, 0.5) is 0 Å². The van der Waals surface area contributed by atoms with E-state index in [1.807, 2.05) is 18.2 Å². The van der Waals surface area contributed by atoms with E-state index in [-0.39, 0.29) is 12.5 Å². The minimum absolute atomic E-state index is 0.130. The van der Waals surface area contributed by atoms with Gasteiger partial charge in [0, 0.05) is 0 Å². The van der Waals surface area contributed by atoms with Gasteiger partial charge >= 0.3 is 0 Å². The number of rotatable bonds is 12. The number of methoxy groups -OCH3 is 2. The molecule has 1 amide bonds. The molecule has 1 unspecified atom stereocenters. The number of aromatic nitrogens is 2. The summed E-state index contributed by atoms with van der Waals surface area (Å²) in [6, 6.07) is 5.60. The number of carbonyl (C=O) groups is 1. The highest BCUT2D eigenvalue weighted by Crippen LogP contribution is 2.29. The average Bonchev–Trinajstić information content (AvgIpc) is 3.15. The monoisotopic (exact) mass is 377 g/mol. The fourth-order valence-corrected chi connectivity index (χ4v) is 2.87. The van der Waals surface area contributed by atoms with Crippen molar-refractivity contribution in [3.05, 3.63) is 35.5 Å². The van der Waals surface area contributed by atoms with Crippen LogP contribution in [0.15, 0.2) is 22.6 Å². The first kappa shape index (κ1) is 20.7. The molecule has 0 saturated heterocycles. The molecule has 27 heavy (non-hydrogen) atoms. The number of hydrogen-bond donors (Lipinski definition) is 1. The standard InChI is InChI=1S/C19H27N3O5/c1-4-5-6-7-15(12-22(24)13-23)19-21-20-18(27-19)11-14-8-9-16(25-2)17(10-14)26-3/h8-10,13,15,24H,4-7,11-12H2,1-3H3. The molecule has 8 heteroatoms. The van der Waals surface area contributed by atoms with Gasteiger partial charge in [0.1, 0.15) is 0 Å². The minimum atomic E-state index is -0.196. The quantitative estimate of drug-likeness (QED) is 0.262. The smallest absolute Gasteiger partial charge is 0.233 e. The van der Waals surface area contributed by atoms with Gasteiger partial charge in [-0.15, -0.1) is 10.2 Å². The van der Waals surface area contributed by atoms with Crippen molar-refractivity contribution in [3.8, 4) is 11.5 Å². The van der Waals surface area contributed by atoms with Crippen molar-refractivity contribution in [3.63, 3.8) is 0 Å². The van der Waals surface area contributed by atoms with Crippen molar-refractivity contribution < 1.29 is 23.9 Å². The minimum Gasteiger partial charge on any atom is -0.493 e. The number of carbonyl (C=O) groups excluding carboxylic acids is 1. The van der Waals surface area contributed by atoms with Gasteiger partial charge in [-0.25, -0.2) is 5.06 Å². The predicted molar refractivity (Wildman–Crippen MR) is 98.1 cm³/mol. The maximum absolute atomic E-state index is 10.7. The number of hydrogen-bond acceptors (Lipinski definition) is 7. The van der Waals surface area contributed by atoms with Gasteiger partial charge in [0.15, 0.2) is 11.5 Å². The summed E-state index contributed by atoms with van der Waals surface area (Å²) in [7, 11) is 3.17. The van der Waals surface area contributed by atoms with Gasteiger partial charge < -0.3 is 13.9 Å². The molecule has 1 aromatic heterocycles. The first-order chi connectivity index (χ1) is 13.1. The number of unbranched alkanes of at least 4 members (excludes halogenated alkanes) is 2. The Hall–Kier alpha value is -2.61. The summed E-state index contributed by atoms with van der Waals surface area (Å²) in [6.45, 7) is 2.25. The third kappa shape index (κ3) is 5.96. The van der Waals surface area contributed by atoms with Gasteiger partial charge in [-0.3, -0.25) is 10.0 Å². The van der Waals surface area contributed by atoms with Crippen LogP contribution in [0, 0.1) is 0 Å². The van der Waals surface area contributed by atoms with Crippen LogP contribution in [-0.4, -0.2) is 47.6 Å². The Morgan fingerprint density at radius 3 is 2.67 bits per heavy atom. The van der Waals surface area contributed by atoms with Crippen molar-refractivity contribution in [1.29, 1.82) is 0 Å². The van der Waals surface area contributed by atoms with Crippen molar-refractivity contribution in [2.45, 2.75) is 44.9 Å². The molecule has 1 aromatic carbocycles. The van der Waals surface area contributed by atoms with Crippen LogP contribution in [0.25, 0.3) is 0 Å². The number of ether oxygens (including phenoxy) is 2. The molecule has 1 N–H and O–H groups in total. The Kier molecular flexibility index (Phi) is 8.06. The first-order valence-electron chi connectivity index (χ1n) is 9.05. The van der Waals surface area contributed by atoms with Gasteiger partial charge in [0.05, 0.1) is 33.1 Å². The second-order valence-corrected chi connectivity index (χ2v) is 6.32. The fourth-order valence-electron chi connectivity index (χ4n) is 2.87. The summed E-state index contributed by atoms with van der Waals surface area (Å²) in [5.41, 5.74) is 0.946. The Morgan fingerprint density at radius 2 is 2.00 bits per heavy atom. The van der Waals surface area contributed by atoms with Gasteiger partial charge in [-0.05, 0) is 24.1 Å². The highest BCUT2D eigenvalue weighted by Gasteiger charge is 2.21. The van der Waals surface area contributed by atoms with Crippen LogP contribution < -0.4 is 9.47 Å². The second-order valence-electron chi connectivity index (χ2n) is 6.32. The SMILES string of the molecule is CCCCCC(CN(O)C=O)c1nnc(Cc2ccc(OC)c(OC)c2)o1. The molecule has 2 aromatic rings. The summed E-state index contributed by atoms with van der Waals surface area (Å²) in [6.07, 6.45) is 4.70. The lowest BCUT2D eigenvalue weighted by atomic mass is 10.0. The van der Waals surface area contributed by atoms with Gasteiger partial charge in [-0.2, -0.15) is 0 Å². The van der Waals surface area contributed by atoms with E-state index in [1.54, 1.807) is 14.2 Å². The predicted octanol–water partition coefficient (Wildman–Crippen LogP) is 3.19. The van der Waals surface area contributed by atoms with Crippen LogP contribution in [0.1, 0.15) is 55.9 Å². The molecule has 2 rings (SSSR count). The Bertz CT molecular complexity index is 719. The third-order valence-electron chi connectivity index (χ3n) is 4.32. The molecule has 0 saturated carbocycles. The van der Waals surface area contributed by atoms with Crippen molar-refractivity contribution in [2.75, 3.05) is 20.8 Å².